The first-order valence-corrected chi connectivity index (χ1v) is 9.69. The third-order valence-corrected chi connectivity index (χ3v) is 5.17. The fourth-order valence-electron chi connectivity index (χ4n) is 3.59. The van der Waals surface area contributed by atoms with E-state index in [1.807, 2.05) is 21.9 Å². The maximum absolute atomic E-state index is 12.3. The summed E-state index contributed by atoms with van der Waals surface area (Å²) in [6.07, 6.45) is 8.59. The van der Waals surface area contributed by atoms with E-state index in [1.54, 1.807) is 12.4 Å². The molecule has 7 heteroatoms. The third-order valence-electron chi connectivity index (χ3n) is 5.17. The van der Waals surface area contributed by atoms with Gasteiger partial charge in [-0.1, -0.05) is 12.8 Å². The minimum absolute atomic E-state index is 0.0666. The number of amides is 3. The van der Waals surface area contributed by atoms with Crippen LogP contribution in [0.2, 0.25) is 0 Å². The van der Waals surface area contributed by atoms with Crippen LogP contribution in [0.25, 0.3) is 0 Å². The van der Waals surface area contributed by atoms with Gasteiger partial charge in [-0.25, -0.2) is 4.79 Å². The zero-order chi connectivity index (χ0) is 18.2. The Hall–Kier alpha value is -2.31. The molecule has 2 aliphatic rings. The summed E-state index contributed by atoms with van der Waals surface area (Å²) < 4.78 is 0. The molecular formula is C19H29N5O2. The van der Waals surface area contributed by atoms with E-state index in [9.17, 15) is 9.59 Å². The van der Waals surface area contributed by atoms with Gasteiger partial charge in [-0.15, -0.1) is 0 Å². The molecule has 0 spiro atoms. The predicted molar refractivity (Wildman–Crippen MR) is 101 cm³/mol. The SMILES string of the molecule is O=C(CCNC(=O)N1CCN(c2ccncc2)CC1)N1CCCCCC1. The van der Waals surface area contributed by atoms with Crippen molar-refractivity contribution in [1.82, 2.24) is 20.1 Å². The van der Waals surface area contributed by atoms with E-state index >= 15 is 0 Å². The van der Waals surface area contributed by atoms with E-state index in [1.165, 1.54) is 12.8 Å². The second-order valence-electron chi connectivity index (χ2n) is 6.96. The molecule has 2 aliphatic heterocycles. The summed E-state index contributed by atoms with van der Waals surface area (Å²) in [5, 5.41) is 2.90. The third kappa shape index (κ3) is 5.09. The van der Waals surface area contributed by atoms with Gasteiger partial charge in [0.2, 0.25) is 5.91 Å². The van der Waals surface area contributed by atoms with E-state index in [0.29, 0.717) is 26.1 Å². The second kappa shape index (κ2) is 9.40. The summed E-state index contributed by atoms with van der Waals surface area (Å²) >= 11 is 0. The molecule has 3 rings (SSSR count). The van der Waals surface area contributed by atoms with Gasteiger partial charge in [-0.2, -0.15) is 0 Å². The largest absolute Gasteiger partial charge is 0.368 e. The fraction of sp³-hybridized carbons (Fsp3) is 0.632. The van der Waals surface area contributed by atoms with Crippen LogP contribution in [0.5, 0.6) is 0 Å². The zero-order valence-corrected chi connectivity index (χ0v) is 15.4. The molecule has 142 valence electrons. The number of hydrogen-bond acceptors (Lipinski definition) is 4. The number of pyridine rings is 1. The Morgan fingerprint density at radius 1 is 0.885 bits per heavy atom. The molecule has 0 atom stereocenters. The van der Waals surface area contributed by atoms with Crippen molar-refractivity contribution in [1.29, 1.82) is 0 Å². The van der Waals surface area contributed by atoms with Crippen LogP contribution < -0.4 is 10.2 Å². The highest BCUT2D eigenvalue weighted by Crippen LogP contribution is 2.14. The number of piperazine rings is 1. The van der Waals surface area contributed by atoms with Crippen molar-refractivity contribution in [2.24, 2.45) is 0 Å². The Labute approximate surface area is 155 Å². The topological polar surface area (TPSA) is 68.8 Å². The number of urea groups is 1. The van der Waals surface area contributed by atoms with Crippen LogP contribution in [0, 0.1) is 0 Å². The molecule has 2 saturated heterocycles. The summed E-state index contributed by atoms with van der Waals surface area (Å²) in [6, 6.07) is 3.91. The first-order valence-electron chi connectivity index (χ1n) is 9.69. The Kier molecular flexibility index (Phi) is 6.68. The lowest BCUT2D eigenvalue weighted by atomic mass is 10.2. The van der Waals surface area contributed by atoms with Crippen LogP contribution in [-0.4, -0.2) is 72.5 Å². The number of nitrogens with one attached hydrogen (secondary N) is 1. The maximum Gasteiger partial charge on any atom is 0.317 e. The molecule has 1 N–H and O–H groups in total. The lowest BCUT2D eigenvalue weighted by Crippen LogP contribution is -2.52. The van der Waals surface area contributed by atoms with Crippen molar-refractivity contribution in [2.45, 2.75) is 32.1 Å². The van der Waals surface area contributed by atoms with Crippen molar-refractivity contribution in [2.75, 3.05) is 50.7 Å². The second-order valence-corrected chi connectivity index (χ2v) is 6.96. The zero-order valence-electron chi connectivity index (χ0n) is 15.4. The molecule has 0 aromatic carbocycles. The number of carbonyl (C=O) groups excluding carboxylic acids is 2. The molecular weight excluding hydrogens is 330 g/mol. The Bertz CT molecular complexity index is 579. The van der Waals surface area contributed by atoms with Gasteiger partial charge in [-0.05, 0) is 25.0 Å². The molecule has 1 aromatic rings. The van der Waals surface area contributed by atoms with Crippen molar-refractivity contribution in [3.05, 3.63) is 24.5 Å². The van der Waals surface area contributed by atoms with E-state index in [4.69, 9.17) is 0 Å². The van der Waals surface area contributed by atoms with E-state index in [-0.39, 0.29) is 11.9 Å². The molecule has 7 nitrogen and oxygen atoms in total. The number of carbonyl (C=O) groups is 2. The monoisotopic (exact) mass is 359 g/mol. The Morgan fingerprint density at radius 3 is 2.19 bits per heavy atom. The molecule has 0 aliphatic carbocycles. The summed E-state index contributed by atoms with van der Waals surface area (Å²) in [5.74, 6) is 0.162. The standard InChI is InChI=1S/C19H29N5O2/c25-18(23-11-3-1-2-4-12-23)7-10-21-19(26)24-15-13-22(14-16-24)17-5-8-20-9-6-17/h5-6,8-9H,1-4,7,10-16H2,(H,21,26). The molecule has 26 heavy (non-hydrogen) atoms. The summed E-state index contributed by atoms with van der Waals surface area (Å²) in [6.45, 7) is 5.14. The molecule has 0 radical (unpaired) electrons. The number of nitrogens with zero attached hydrogens (tertiary/aromatic N) is 4. The average molecular weight is 359 g/mol. The molecule has 3 amide bonds. The summed E-state index contributed by atoms with van der Waals surface area (Å²) in [5.41, 5.74) is 1.14. The van der Waals surface area contributed by atoms with Crippen molar-refractivity contribution in [3.63, 3.8) is 0 Å². The van der Waals surface area contributed by atoms with Gasteiger partial charge in [0.05, 0.1) is 0 Å². The number of anilines is 1. The fourth-order valence-corrected chi connectivity index (χ4v) is 3.59. The van der Waals surface area contributed by atoms with Gasteiger partial charge in [0.1, 0.15) is 0 Å². The summed E-state index contributed by atoms with van der Waals surface area (Å²) in [4.78, 5) is 34.6. The summed E-state index contributed by atoms with van der Waals surface area (Å²) in [7, 11) is 0. The first kappa shape index (κ1) is 18.5. The first-order chi connectivity index (χ1) is 12.7. The molecule has 0 unspecified atom stereocenters. The van der Waals surface area contributed by atoms with Crippen molar-refractivity contribution < 1.29 is 9.59 Å². The Morgan fingerprint density at radius 2 is 1.54 bits per heavy atom. The van der Waals surface area contributed by atoms with E-state index in [0.717, 1.165) is 44.7 Å². The number of likely N-dealkylation sites (tertiary alicyclic amines) is 1. The number of rotatable bonds is 4. The number of aromatic nitrogens is 1. The normalized spacial score (nSPS) is 18.4. The lowest BCUT2D eigenvalue weighted by Gasteiger charge is -2.36. The maximum atomic E-state index is 12.3. The average Bonchev–Trinajstić information content (AvgIpc) is 2.98. The molecule has 2 fully saturated rings. The molecule has 0 bridgehead atoms. The van der Waals surface area contributed by atoms with Gasteiger partial charge in [-0.3, -0.25) is 9.78 Å². The van der Waals surface area contributed by atoms with Gasteiger partial charge in [0, 0.05) is 70.3 Å². The van der Waals surface area contributed by atoms with Gasteiger partial charge >= 0.3 is 6.03 Å². The number of hydrogen-bond donors (Lipinski definition) is 1. The van der Waals surface area contributed by atoms with E-state index in [2.05, 4.69) is 15.2 Å². The van der Waals surface area contributed by atoms with Crippen LogP contribution in [0.1, 0.15) is 32.1 Å². The Balaban J connectivity index is 1.36. The van der Waals surface area contributed by atoms with Gasteiger partial charge < -0.3 is 20.0 Å². The van der Waals surface area contributed by atoms with Crippen LogP contribution in [-0.2, 0) is 4.79 Å². The van der Waals surface area contributed by atoms with Crippen molar-refractivity contribution >= 4 is 17.6 Å². The van der Waals surface area contributed by atoms with E-state index < -0.39 is 0 Å². The smallest absolute Gasteiger partial charge is 0.317 e. The molecule has 1 aromatic heterocycles. The molecule has 0 saturated carbocycles. The predicted octanol–water partition coefficient (Wildman–Crippen LogP) is 1.71. The van der Waals surface area contributed by atoms with Crippen LogP contribution in [0.4, 0.5) is 10.5 Å². The highest BCUT2D eigenvalue weighted by Gasteiger charge is 2.21. The minimum Gasteiger partial charge on any atom is -0.368 e. The minimum atomic E-state index is -0.0666. The highest BCUT2D eigenvalue weighted by atomic mass is 16.2. The molecule has 3 heterocycles. The lowest BCUT2D eigenvalue weighted by molar-refractivity contribution is -0.131. The van der Waals surface area contributed by atoms with Crippen LogP contribution in [0.15, 0.2) is 24.5 Å². The van der Waals surface area contributed by atoms with Crippen LogP contribution in [0.3, 0.4) is 0 Å². The van der Waals surface area contributed by atoms with Gasteiger partial charge in [0.25, 0.3) is 0 Å². The van der Waals surface area contributed by atoms with Gasteiger partial charge in [0.15, 0.2) is 0 Å². The quantitative estimate of drug-likeness (QED) is 0.889. The highest BCUT2D eigenvalue weighted by molar-refractivity contribution is 5.78. The van der Waals surface area contributed by atoms with Crippen molar-refractivity contribution in [3.8, 4) is 0 Å². The van der Waals surface area contributed by atoms with Crippen LogP contribution >= 0.6 is 0 Å².